The summed E-state index contributed by atoms with van der Waals surface area (Å²) in [5.41, 5.74) is 5.84. The molecule has 0 fully saturated rings. The average molecular weight is 543 g/mol. The minimum Gasteiger partial charge on any atom is -0.458 e. The number of hydrogen-bond donors (Lipinski definition) is 2. The van der Waals surface area contributed by atoms with Crippen LogP contribution in [0.15, 0.2) is 16.9 Å². The van der Waals surface area contributed by atoms with E-state index < -0.39 is 12.1 Å². The van der Waals surface area contributed by atoms with Crippen molar-refractivity contribution in [2.24, 2.45) is 0 Å². The summed E-state index contributed by atoms with van der Waals surface area (Å²) in [5.74, 6) is -0.774. The molecule has 3 aliphatic rings. The maximum absolute atomic E-state index is 14.6. The summed E-state index contributed by atoms with van der Waals surface area (Å²) < 4.78 is 25.6. The highest BCUT2D eigenvalue weighted by Crippen LogP contribution is 2.45. The zero-order chi connectivity index (χ0) is 29.0. The number of hydrogen-bond acceptors (Lipinski definition) is 7. The minimum absolute atomic E-state index is 0.122. The van der Waals surface area contributed by atoms with Gasteiger partial charge in [-0.3, -0.25) is 4.79 Å². The normalized spacial score (nSPS) is 17.7. The molecule has 0 saturated carbocycles. The molecule has 2 aromatic heterocycles. The van der Waals surface area contributed by atoms with Crippen LogP contribution in [0.4, 0.5) is 4.39 Å². The molecular weight excluding hydrogens is 503 g/mol. The Hall–Kier alpha value is -3.14. The van der Waals surface area contributed by atoms with E-state index in [9.17, 15) is 19.1 Å². The number of rotatable bonds is 2. The van der Waals surface area contributed by atoms with Gasteiger partial charge in [0, 0.05) is 29.7 Å². The number of pyridine rings is 2. The molecule has 0 radical (unpaired) electrons. The number of aromatic nitrogens is 2. The molecule has 0 bridgehead atoms. The van der Waals surface area contributed by atoms with Crippen molar-refractivity contribution in [3.05, 3.63) is 61.7 Å². The van der Waals surface area contributed by atoms with Gasteiger partial charge in [0.25, 0.3) is 5.56 Å². The zero-order valence-corrected chi connectivity index (χ0v) is 23.9. The number of aliphatic hydroxyl groups excluding tert-OH is 2. The summed E-state index contributed by atoms with van der Waals surface area (Å²) >= 11 is 0. The summed E-state index contributed by atoms with van der Waals surface area (Å²) in [7, 11) is 1.55. The summed E-state index contributed by atoms with van der Waals surface area (Å²) in [6.07, 6.45) is 0.230. The lowest BCUT2D eigenvalue weighted by atomic mass is 9.79. The molecule has 8 nitrogen and oxygen atoms in total. The van der Waals surface area contributed by atoms with Crippen molar-refractivity contribution < 1.29 is 28.9 Å². The molecule has 2 unspecified atom stereocenters. The molecule has 39 heavy (non-hydrogen) atoms. The molecule has 9 heteroatoms. The van der Waals surface area contributed by atoms with Crippen LogP contribution in [0.25, 0.3) is 22.3 Å². The molecule has 0 saturated heterocycles. The van der Waals surface area contributed by atoms with Gasteiger partial charge in [0.15, 0.2) is 6.10 Å². The van der Waals surface area contributed by atoms with Crippen molar-refractivity contribution in [2.75, 3.05) is 20.3 Å². The number of ether oxygens (including phenoxy) is 2. The van der Waals surface area contributed by atoms with Gasteiger partial charge in [-0.05, 0) is 48.4 Å². The van der Waals surface area contributed by atoms with Crippen LogP contribution in [0.5, 0.6) is 0 Å². The second kappa shape index (κ2) is 12.8. The van der Waals surface area contributed by atoms with E-state index in [-0.39, 0.29) is 36.1 Å². The molecule has 0 spiro atoms. The van der Waals surface area contributed by atoms with Crippen LogP contribution in [0.2, 0.25) is 0 Å². The van der Waals surface area contributed by atoms with Gasteiger partial charge in [-0.15, -0.1) is 0 Å². The predicted molar refractivity (Wildman–Crippen MR) is 148 cm³/mol. The first-order chi connectivity index (χ1) is 18.8. The number of carbonyl (C=O) groups is 1. The summed E-state index contributed by atoms with van der Waals surface area (Å²) in [4.78, 5) is 29.7. The lowest BCUT2D eigenvalue weighted by Crippen LogP contribution is -2.32. The quantitative estimate of drug-likeness (QED) is 0.354. The number of benzene rings is 1. The smallest absolute Gasteiger partial charge is 0.340 e. The van der Waals surface area contributed by atoms with E-state index in [2.05, 4.69) is 11.7 Å². The predicted octanol–water partition coefficient (Wildman–Crippen LogP) is 4.69. The molecule has 212 valence electrons. The fraction of sp³-hybridized carbons (Fsp3) is 0.500. The Morgan fingerprint density at radius 1 is 1.15 bits per heavy atom. The lowest BCUT2D eigenvalue weighted by Gasteiger charge is -2.26. The first-order valence-electron chi connectivity index (χ1n) is 13.6. The Balaban J connectivity index is 0.000000416. The first kappa shape index (κ1) is 30.4. The third kappa shape index (κ3) is 5.23. The maximum Gasteiger partial charge on any atom is 0.340 e. The Bertz CT molecular complexity index is 1430. The highest BCUT2D eigenvalue weighted by Gasteiger charge is 2.36. The molecule has 2 aliphatic heterocycles. The van der Waals surface area contributed by atoms with Crippen molar-refractivity contribution in [1.82, 2.24) is 9.55 Å². The summed E-state index contributed by atoms with van der Waals surface area (Å²) in [6.45, 7) is 12.8. The third-order valence-electron chi connectivity index (χ3n) is 7.23. The Morgan fingerprint density at radius 3 is 2.46 bits per heavy atom. The molecule has 2 atom stereocenters. The molecule has 0 amide bonds. The van der Waals surface area contributed by atoms with Gasteiger partial charge in [-0.25, -0.2) is 14.2 Å². The highest BCUT2D eigenvalue weighted by molar-refractivity contribution is 5.93. The van der Waals surface area contributed by atoms with Crippen LogP contribution >= 0.6 is 0 Å². The second-order valence-corrected chi connectivity index (χ2v) is 9.23. The van der Waals surface area contributed by atoms with E-state index >= 15 is 0 Å². The van der Waals surface area contributed by atoms with Crippen LogP contribution < -0.4 is 5.56 Å². The van der Waals surface area contributed by atoms with Gasteiger partial charge >= 0.3 is 5.97 Å². The number of nitrogens with zero attached hydrogens (tertiary/aromatic N) is 2. The largest absolute Gasteiger partial charge is 0.458 e. The monoisotopic (exact) mass is 542 g/mol. The molecule has 6 rings (SSSR count). The molecule has 1 aromatic carbocycles. The highest BCUT2D eigenvalue weighted by atomic mass is 19.1. The maximum atomic E-state index is 14.6. The molecular formula is C30H39FN2O6. The molecule has 4 heterocycles. The summed E-state index contributed by atoms with van der Waals surface area (Å²) in [5, 5.41) is 19.2. The van der Waals surface area contributed by atoms with Crippen LogP contribution in [0.1, 0.15) is 86.4 Å². The number of aliphatic hydroxyl groups is 2. The van der Waals surface area contributed by atoms with Gasteiger partial charge in [-0.2, -0.15) is 0 Å². The topological polar surface area (TPSA) is 111 Å². The van der Waals surface area contributed by atoms with Gasteiger partial charge in [0.05, 0.1) is 42.2 Å². The Kier molecular flexibility index (Phi) is 9.98. The van der Waals surface area contributed by atoms with Gasteiger partial charge in [-0.1, -0.05) is 34.6 Å². The average Bonchev–Trinajstić information content (AvgIpc) is 3.32. The molecule has 3 aromatic rings. The van der Waals surface area contributed by atoms with Gasteiger partial charge in [0.1, 0.15) is 12.4 Å². The van der Waals surface area contributed by atoms with Crippen molar-refractivity contribution in [2.45, 2.75) is 79.6 Å². The SMILES string of the molecule is CC.CC.COCCO.Cc1c(F)cc2nc3c(c4c2c1CCC4C)Cn1c-3cc2c(c1=O)COC(=O)C2O. The zero-order valence-electron chi connectivity index (χ0n) is 23.9. The van der Waals surface area contributed by atoms with E-state index in [1.54, 1.807) is 17.7 Å². The van der Waals surface area contributed by atoms with Crippen LogP contribution in [0, 0.1) is 12.7 Å². The van der Waals surface area contributed by atoms with Crippen molar-refractivity contribution in [3.63, 3.8) is 0 Å². The number of fused-ring (bicyclic) bond motifs is 5. The number of methoxy groups -OCH3 is 1. The van der Waals surface area contributed by atoms with Crippen LogP contribution in [0.3, 0.4) is 0 Å². The minimum atomic E-state index is -1.49. The van der Waals surface area contributed by atoms with E-state index in [1.165, 1.54) is 6.07 Å². The number of carbonyl (C=O) groups excluding carboxylic acids is 1. The molecule has 1 aliphatic carbocycles. The Labute approximate surface area is 228 Å². The van der Waals surface area contributed by atoms with E-state index in [0.717, 1.165) is 34.9 Å². The number of cyclic esters (lactones) is 1. The van der Waals surface area contributed by atoms with E-state index in [0.29, 0.717) is 41.2 Å². The van der Waals surface area contributed by atoms with Gasteiger partial charge < -0.3 is 24.3 Å². The number of halogens is 1. The molecule has 2 N–H and O–H groups in total. The van der Waals surface area contributed by atoms with Crippen LogP contribution in [-0.2, 0) is 33.8 Å². The fourth-order valence-corrected chi connectivity index (χ4v) is 5.42. The Morgan fingerprint density at radius 2 is 1.85 bits per heavy atom. The van der Waals surface area contributed by atoms with E-state index in [4.69, 9.17) is 14.8 Å². The standard InChI is InChI=1S/C23H19FN2O4.C3H8O2.2C2H6/c1-9-3-4-11-10(2)15(24)6-16-19(11)18(9)13-7-26-17(20(13)25-16)5-12-14(22(26)28)8-30-23(29)21(12)27;1-5-3-2-4;2*1-2/h5-6,9,21,27H,3-4,7-8H2,1-2H3;4H,2-3H2,1H3;2*1-2H3. The van der Waals surface area contributed by atoms with Crippen molar-refractivity contribution in [1.29, 1.82) is 0 Å². The number of esters is 1. The fourth-order valence-electron chi connectivity index (χ4n) is 5.42. The third-order valence-corrected chi connectivity index (χ3v) is 7.23. The lowest BCUT2D eigenvalue weighted by molar-refractivity contribution is -0.157. The van der Waals surface area contributed by atoms with Crippen LogP contribution in [-0.4, -0.2) is 46.1 Å². The first-order valence-corrected chi connectivity index (χ1v) is 13.6. The van der Waals surface area contributed by atoms with Crippen molar-refractivity contribution >= 4 is 16.9 Å². The second-order valence-electron chi connectivity index (χ2n) is 9.23. The van der Waals surface area contributed by atoms with Crippen molar-refractivity contribution in [3.8, 4) is 11.4 Å². The van der Waals surface area contributed by atoms with E-state index in [1.807, 2.05) is 34.6 Å². The number of aryl methyl sites for hydroxylation is 1. The summed E-state index contributed by atoms with van der Waals surface area (Å²) in [6, 6.07) is 3.14. The van der Waals surface area contributed by atoms with Gasteiger partial charge in [0.2, 0.25) is 0 Å².